The molecule has 0 saturated carbocycles. The number of carbonyl (C=O) groups is 2. The highest BCUT2D eigenvalue weighted by molar-refractivity contribution is 7.89. The molecule has 0 radical (unpaired) electrons. The number of amides is 1. The summed E-state index contributed by atoms with van der Waals surface area (Å²) in [6.45, 7) is -0.142. The monoisotopic (exact) mass is 507 g/mol. The van der Waals surface area contributed by atoms with Crippen LogP contribution in [-0.2, 0) is 19.6 Å². The number of hydrogen-bond donors (Lipinski definition) is 5. The maximum absolute atomic E-state index is 12.4. The number of carbonyl (C=O) groups excluding carboxylic acids is 1. The molecule has 0 saturated heterocycles. The van der Waals surface area contributed by atoms with Crippen molar-refractivity contribution >= 4 is 39.1 Å². The van der Waals surface area contributed by atoms with Gasteiger partial charge in [0.2, 0.25) is 15.9 Å². The number of nitrogen functional groups attached to an aromatic ring is 1. The van der Waals surface area contributed by atoms with Crippen LogP contribution < -0.4 is 20.5 Å². The zero-order chi connectivity index (χ0) is 26.0. The Hall–Kier alpha value is -4.04. The molecule has 0 unspecified atom stereocenters. The van der Waals surface area contributed by atoms with E-state index < -0.39 is 50.4 Å². The van der Waals surface area contributed by atoms with Crippen LogP contribution in [-0.4, -0.2) is 49.3 Å². The van der Waals surface area contributed by atoms with Gasteiger partial charge < -0.3 is 20.9 Å². The van der Waals surface area contributed by atoms with Crippen molar-refractivity contribution in [1.82, 2.24) is 4.72 Å². The normalized spacial score (nSPS) is 11.0. The van der Waals surface area contributed by atoms with E-state index in [9.17, 15) is 28.1 Å². The van der Waals surface area contributed by atoms with Crippen LogP contribution in [0.1, 0.15) is 31.2 Å². The van der Waals surface area contributed by atoms with E-state index >= 15 is 0 Å². The fraction of sp³-hybridized carbons (Fsp3) is 0.286. The van der Waals surface area contributed by atoms with Gasteiger partial charge in [0.1, 0.15) is 17.3 Å². The first kappa shape index (κ1) is 27.2. The number of amidine groups is 1. The summed E-state index contributed by atoms with van der Waals surface area (Å²) in [5, 5.41) is 29.9. The largest absolute Gasteiger partial charge is 0.494 e. The van der Waals surface area contributed by atoms with Crippen LogP contribution in [0.2, 0.25) is 0 Å². The Morgan fingerprint density at radius 1 is 1.11 bits per heavy atom. The standard InChI is InChI=1S/C21H25N5O8S/c22-21(23)14-7-9-15(10-8-14)34-13-2-1-6-18(27)25-16-4-3-5-17(20(16)26(30)31)35(32,33)24-12-11-19(28)29/h3-5,7-10,24H,1-2,6,11-13H2,(H3,22,23)(H,25,27)(H,28,29). The zero-order valence-electron chi connectivity index (χ0n) is 18.5. The predicted octanol–water partition coefficient (Wildman–Crippen LogP) is 1.82. The maximum atomic E-state index is 12.4. The molecule has 0 fully saturated rings. The van der Waals surface area contributed by atoms with E-state index in [1.165, 1.54) is 12.1 Å². The molecule has 0 atom stereocenters. The second-order valence-electron chi connectivity index (χ2n) is 7.24. The lowest BCUT2D eigenvalue weighted by atomic mass is 10.2. The van der Waals surface area contributed by atoms with Crippen LogP contribution in [0.4, 0.5) is 11.4 Å². The number of nitro benzene ring substituents is 1. The lowest BCUT2D eigenvalue weighted by Crippen LogP contribution is -2.27. The SMILES string of the molecule is N=C(N)c1ccc(OCCCCC(=O)Nc2cccc(S(=O)(=O)NCCC(=O)O)c2[N+](=O)[O-])cc1. The average Bonchev–Trinajstić information content (AvgIpc) is 2.78. The summed E-state index contributed by atoms with van der Waals surface area (Å²) in [4.78, 5) is 32.9. The number of para-hydroxylation sites is 1. The van der Waals surface area contributed by atoms with Crippen molar-refractivity contribution in [2.75, 3.05) is 18.5 Å². The number of anilines is 1. The number of benzene rings is 2. The summed E-state index contributed by atoms with van der Waals surface area (Å²) in [6, 6.07) is 10.1. The molecule has 35 heavy (non-hydrogen) atoms. The van der Waals surface area contributed by atoms with Crippen LogP contribution in [0, 0.1) is 15.5 Å². The number of hydrogen-bond acceptors (Lipinski definition) is 8. The molecule has 0 spiro atoms. The molecular weight excluding hydrogens is 482 g/mol. The van der Waals surface area contributed by atoms with E-state index in [0.717, 1.165) is 6.07 Å². The number of sulfonamides is 1. The third kappa shape index (κ3) is 8.35. The molecule has 2 aromatic rings. The maximum Gasteiger partial charge on any atom is 0.312 e. The van der Waals surface area contributed by atoms with E-state index in [0.29, 0.717) is 30.8 Å². The van der Waals surface area contributed by atoms with Gasteiger partial charge in [0.05, 0.1) is 18.0 Å². The second-order valence-corrected chi connectivity index (χ2v) is 8.98. The summed E-state index contributed by atoms with van der Waals surface area (Å²) in [7, 11) is -4.39. The molecule has 0 bridgehead atoms. The molecule has 2 rings (SSSR count). The van der Waals surface area contributed by atoms with Gasteiger partial charge >= 0.3 is 11.7 Å². The molecule has 13 nitrogen and oxygen atoms in total. The smallest absolute Gasteiger partial charge is 0.312 e. The van der Waals surface area contributed by atoms with Gasteiger partial charge in [0.25, 0.3) is 0 Å². The molecule has 0 aliphatic heterocycles. The van der Waals surface area contributed by atoms with Crippen molar-refractivity contribution in [1.29, 1.82) is 5.41 Å². The molecule has 0 heterocycles. The first-order chi connectivity index (χ1) is 16.5. The quantitative estimate of drug-likeness (QED) is 0.0827. The van der Waals surface area contributed by atoms with Gasteiger partial charge in [-0.1, -0.05) is 6.07 Å². The summed E-state index contributed by atoms with van der Waals surface area (Å²) < 4.78 is 32.4. The molecule has 14 heteroatoms. The Kier molecular flexibility index (Phi) is 9.66. The Bertz CT molecular complexity index is 1200. The van der Waals surface area contributed by atoms with Gasteiger partial charge in [-0.2, -0.15) is 0 Å². The van der Waals surface area contributed by atoms with E-state index in [4.69, 9.17) is 21.0 Å². The number of nitrogens with two attached hydrogens (primary N) is 1. The van der Waals surface area contributed by atoms with E-state index in [1.807, 2.05) is 4.72 Å². The van der Waals surface area contributed by atoms with Crippen molar-refractivity contribution in [3.05, 3.63) is 58.1 Å². The van der Waals surface area contributed by atoms with Crippen molar-refractivity contribution in [3.8, 4) is 5.75 Å². The minimum atomic E-state index is -4.39. The van der Waals surface area contributed by atoms with E-state index in [-0.39, 0.29) is 17.9 Å². The number of nitrogens with one attached hydrogen (secondary N) is 3. The summed E-state index contributed by atoms with van der Waals surface area (Å²) >= 11 is 0. The number of rotatable bonds is 14. The number of unbranched alkanes of at least 4 members (excludes halogenated alkanes) is 1. The van der Waals surface area contributed by atoms with Crippen molar-refractivity contribution in [3.63, 3.8) is 0 Å². The number of carboxylic acid groups (broad SMARTS) is 1. The Balaban J connectivity index is 1.93. The van der Waals surface area contributed by atoms with Crippen LogP contribution in [0.25, 0.3) is 0 Å². The summed E-state index contributed by atoms with van der Waals surface area (Å²) in [6.07, 6.45) is 0.417. The van der Waals surface area contributed by atoms with E-state index in [1.54, 1.807) is 24.3 Å². The number of carboxylic acids is 1. The molecule has 1 amide bonds. The fourth-order valence-corrected chi connectivity index (χ4v) is 4.14. The number of nitro groups is 1. The lowest BCUT2D eigenvalue weighted by Gasteiger charge is -2.11. The molecule has 6 N–H and O–H groups in total. The van der Waals surface area contributed by atoms with E-state index in [2.05, 4.69) is 5.32 Å². The molecule has 0 aromatic heterocycles. The third-order valence-corrected chi connectivity index (χ3v) is 6.10. The van der Waals surface area contributed by atoms with Crippen molar-refractivity contribution < 1.29 is 32.8 Å². The topological polar surface area (TPSA) is 215 Å². The van der Waals surface area contributed by atoms with Crippen LogP contribution in [0.3, 0.4) is 0 Å². The fourth-order valence-electron chi connectivity index (χ4n) is 2.92. The minimum absolute atomic E-state index is 0.0115. The Morgan fingerprint density at radius 3 is 2.40 bits per heavy atom. The molecule has 0 aliphatic carbocycles. The highest BCUT2D eigenvalue weighted by atomic mass is 32.2. The highest BCUT2D eigenvalue weighted by Gasteiger charge is 2.29. The Morgan fingerprint density at radius 2 is 1.80 bits per heavy atom. The van der Waals surface area contributed by atoms with Crippen molar-refractivity contribution in [2.45, 2.75) is 30.6 Å². The van der Waals surface area contributed by atoms with Crippen LogP contribution in [0.15, 0.2) is 47.4 Å². The third-order valence-electron chi connectivity index (χ3n) is 4.61. The average molecular weight is 508 g/mol. The number of aliphatic carboxylic acids is 1. The van der Waals surface area contributed by atoms with Gasteiger partial charge in [-0.05, 0) is 49.2 Å². The minimum Gasteiger partial charge on any atom is -0.494 e. The van der Waals surface area contributed by atoms with Gasteiger partial charge in [-0.15, -0.1) is 0 Å². The van der Waals surface area contributed by atoms with Gasteiger partial charge in [-0.25, -0.2) is 13.1 Å². The van der Waals surface area contributed by atoms with Crippen LogP contribution >= 0.6 is 0 Å². The predicted molar refractivity (Wildman–Crippen MR) is 126 cm³/mol. The molecule has 0 aliphatic rings. The summed E-state index contributed by atoms with van der Waals surface area (Å²) in [5.41, 5.74) is 4.84. The Labute approximate surface area is 201 Å². The second kappa shape index (κ2) is 12.4. The lowest BCUT2D eigenvalue weighted by molar-refractivity contribution is -0.386. The molecule has 2 aromatic carbocycles. The molecule has 188 valence electrons. The van der Waals surface area contributed by atoms with Crippen molar-refractivity contribution in [2.24, 2.45) is 5.73 Å². The van der Waals surface area contributed by atoms with Gasteiger partial charge in [-0.3, -0.25) is 25.1 Å². The molecular formula is C21H25N5O8S. The van der Waals surface area contributed by atoms with Gasteiger partial charge in [0.15, 0.2) is 4.90 Å². The number of ether oxygens (including phenoxy) is 1. The van der Waals surface area contributed by atoms with Gasteiger partial charge in [0, 0.05) is 18.5 Å². The summed E-state index contributed by atoms with van der Waals surface area (Å²) in [5.74, 6) is -1.27. The van der Waals surface area contributed by atoms with Crippen LogP contribution in [0.5, 0.6) is 5.75 Å². The first-order valence-electron chi connectivity index (χ1n) is 10.4. The number of nitrogens with zero attached hydrogens (tertiary/aromatic N) is 1. The first-order valence-corrected chi connectivity index (χ1v) is 11.9. The zero-order valence-corrected chi connectivity index (χ0v) is 19.3. The highest BCUT2D eigenvalue weighted by Crippen LogP contribution is 2.32.